The number of carbonyl (C=O) groups is 1. The Morgan fingerprint density at radius 1 is 1.27 bits per heavy atom. The zero-order valence-electron chi connectivity index (χ0n) is 15.4. The second-order valence-corrected chi connectivity index (χ2v) is 8.03. The fourth-order valence-electron chi connectivity index (χ4n) is 4.04. The minimum Gasteiger partial charge on any atom is -0.354 e. The normalized spacial score (nSPS) is 22.8. The zero-order valence-corrected chi connectivity index (χ0v) is 16.2. The van der Waals surface area contributed by atoms with Crippen LogP contribution in [-0.4, -0.2) is 44.9 Å². The Labute approximate surface area is 158 Å². The van der Waals surface area contributed by atoms with E-state index in [0.29, 0.717) is 6.54 Å². The average Bonchev–Trinajstić information content (AvgIpc) is 2.97. The van der Waals surface area contributed by atoms with E-state index in [1.165, 1.54) is 0 Å². The van der Waals surface area contributed by atoms with Gasteiger partial charge in [-0.25, -0.2) is 15.0 Å². The minimum absolute atomic E-state index is 0.0530. The maximum Gasteiger partial charge on any atom is 0.228 e. The van der Waals surface area contributed by atoms with Crippen LogP contribution in [0.15, 0.2) is 17.0 Å². The average molecular weight is 372 g/mol. The van der Waals surface area contributed by atoms with Gasteiger partial charge in [0.05, 0.1) is 23.7 Å². The van der Waals surface area contributed by atoms with Gasteiger partial charge in [-0.15, -0.1) is 11.3 Å². The third kappa shape index (κ3) is 3.45. The highest BCUT2D eigenvalue weighted by Gasteiger charge is 2.41. The molecular weight excluding hydrogens is 346 g/mol. The SMILES string of the molecule is CCCc1nc(C)cc(N2C[C@@H]3CC[C@H](C2)N(Cc2cscn2)C3=O)n1. The van der Waals surface area contributed by atoms with Crippen LogP contribution in [0.4, 0.5) is 5.82 Å². The van der Waals surface area contributed by atoms with Crippen LogP contribution in [0.25, 0.3) is 0 Å². The van der Waals surface area contributed by atoms with Crippen molar-refractivity contribution in [1.82, 2.24) is 19.9 Å². The van der Waals surface area contributed by atoms with Gasteiger partial charge < -0.3 is 9.80 Å². The third-order valence-electron chi connectivity index (χ3n) is 5.29. The van der Waals surface area contributed by atoms with Crippen LogP contribution < -0.4 is 4.90 Å². The number of anilines is 1. The molecule has 2 aromatic rings. The van der Waals surface area contributed by atoms with Crippen LogP contribution in [0.3, 0.4) is 0 Å². The highest BCUT2D eigenvalue weighted by atomic mass is 32.1. The van der Waals surface area contributed by atoms with Gasteiger partial charge in [-0.3, -0.25) is 4.79 Å². The first-order chi connectivity index (χ1) is 12.6. The Morgan fingerprint density at radius 2 is 2.15 bits per heavy atom. The van der Waals surface area contributed by atoms with Crippen molar-refractivity contribution in [2.75, 3.05) is 18.0 Å². The van der Waals surface area contributed by atoms with Gasteiger partial charge >= 0.3 is 0 Å². The number of rotatable bonds is 5. The molecule has 0 saturated carbocycles. The lowest BCUT2D eigenvalue weighted by atomic mass is 9.94. The molecule has 0 unspecified atom stereocenters. The van der Waals surface area contributed by atoms with Crippen LogP contribution in [0.5, 0.6) is 0 Å². The molecule has 5 heterocycles. The summed E-state index contributed by atoms with van der Waals surface area (Å²) in [4.78, 5) is 31.0. The van der Waals surface area contributed by atoms with Crippen LogP contribution >= 0.6 is 11.3 Å². The zero-order chi connectivity index (χ0) is 18.1. The predicted molar refractivity (Wildman–Crippen MR) is 102 cm³/mol. The second-order valence-electron chi connectivity index (χ2n) is 7.31. The van der Waals surface area contributed by atoms with Crippen molar-refractivity contribution in [2.45, 2.75) is 52.1 Å². The lowest BCUT2D eigenvalue weighted by Gasteiger charge is -2.35. The highest BCUT2D eigenvalue weighted by molar-refractivity contribution is 7.07. The van der Waals surface area contributed by atoms with E-state index >= 15 is 0 Å². The highest BCUT2D eigenvalue weighted by Crippen LogP contribution is 2.32. The number of hydrogen-bond donors (Lipinski definition) is 0. The molecule has 3 fully saturated rings. The number of hydrogen-bond acceptors (Lipinski definition) is 6. The number of carbonyl (C=O) groups excluding carboxylic acids is 1. The van der Waals surface area contributed by atoms with E-state index in [2.05, 4.69) is 27.9 Å². The van der Waals surface area contributed by atoms with Gasteiger partial charge in [-0.2, -0.15) is 0 Å². The fraction of sp³-hybridized carbons (Fsp3) is 0.579. The van der Waals surface area contributed by atoms with E-state index in [1.54, 1.807) is 11.3 Å². The molecule has 3 aliphatic rings. The number of amides is 1. The smallest absolute Gasteiger partial charge is 0.228 e. The summed E-state index contributed by atoms with van der Waals surface area (Å²) < 4.78 is 0. The summed E-state index contributed by atoms with van der Waals surface area (Å²) in [6.45, 7) is 6.39. The largest absolute Gasteiger partial charge is 0.354 e. The van der Waals surface area contributed by atoms with E-state index in [-0.39, 0.29) is 17.9 Å². The number of thiazole rings is 1. The molecule has 138 valence electrons. The lowest BCUT2D eigenvalue weighted by molar-refractivity contribution is -0.140. The monoisotopic (exact) mass is 371 g/mol. The van der Waals surface area contributed by atoms with Crippen molar-refractivity contribution < 1.29 is 4.79 Å². The number of piperidine rings is 1. The molecular formula is C19H25N5OS. The van der Waals surface area contributed by atoms with Gasteiger partial charge in [0, 0.05) is 42.7 Å². The summed E-state index contributed by atoms with van der Waals surface area (Å²) >= 11 is 1.58. The molecule has 2 atom stereocenters. The van der Waals surface area contributed by atoms with Crippen molar-refractivity contribution in [3.8, 4) is 0 Å². The van der Waals surface area contributed by atoms with Crippen molar-refractivity contribution in [3.63, 3.8) is 0 Å². The van der Waals surface area contributed by atoms with Crippen LogP contribution in [0, 0.1) is 12.8 Å². The first-order valence-electron chi connectivity index (χ1n) is 9.41. The summed E-state index contributed by atoms with van der Waals surface area (Å²) in [6, 6.07) is 2.28. The molecule has 26 heavy (non-hydrogen) atoms. The molecule has 7 heteroatoms. The first kappa shape index (κ1) is 17.4. The van der Waals surface area contributed by atoms with Crippen molar-refractivity contribution in [1.29, 1.82) is 0 Å². The molecule has 6 nitrogen and oxygen atoms in total. The molecule has 5 rings (SSSR count). The summed E-state index contributed by atoms with van der Waals surface area (Å²) in [6.07, 6.45) is 3.96. The van der Waals surface area contributed by atoms with Crippen molar-refractivity contribution in [2.24, 2.45) is 5.92 Å². The summed E-state index contributed by atoms with van der Waals surface area (Å²) in [5.41, 5.74) is 3.83. The van der Waals surface area contributed by atoms with Gasteiger partial charge in [-0.1, -0.05) is 6.92 Å². The second kappa shape index (κ2) is 7.31. The first-order valence-corrected chi connectivity index (χ1v) is 10.4. The van der Waals surface area contributed by atoms with Gasteiger partial charge in [0.1, 0.15) is 11.6 Å². The standard InChI is InChI=1S/C19H25N5OS/c1-3-4-17-21-13(2)7-18(22-17)23-8-14-5-6-16(10-23)24(19(14)25)9-15-11-26-12-20-15/h7,11-12,14,16H,3-6,8-10H2,1-2H3/t14-,16+/m0/s1. The minimum atomic E-state index is 0.0530. The summed E-state index contributed by atoms with van der Waals surface area (Å²) in [7, 11) is 0. The molecule has 0 radical (unpaired) electrons. The van der Waals surface area contributed by atoms with E-state index < -0.39 is 0 Å². The predicted octanol–water partition coefficient (Wildman–Crippen LogP) is 2.82. The van der Waals surface area contributed by atoms with Crippen LogP contribution in [0.1, 0.15) is 43.4 Å². The van der Waals surface area contributed by atoms with Crippen molar-refractivity contribution >= 4 is 23.1 Å². The van der Waals surface area contributed by atoms with Gasteiger partial charge in [0.25, 0.3) is 0 Å². The molecule has 0 spiro atoms. The Morgan fingerprint density at radius 3 is 2.92 bits per heavy atom. The van der Waals surface area contributed by atoms with Gasteiger partial charge in [0.15, 0.2) is 0 Å². The molecule has 1 amide bonds. The molecule has 0 aromatic carbocycles. The Hall–Kier alpha value is -2.02. The summed E-state index contributed by atoms with van der Waals surface area (Å²) in [5, 5.41) is 2.04. The fourth-order valence-corrected chi connectivity index (χ4v) is 4.58. The molecule has 2 aromatic heterocycles. The Bertz CT molecular complexity index is 778. The maximum atomic E-state index is 13.0. The van der Waals surface area contributed by atoms with E-state index in [9.17, 15) is 4.79 Å². The molecule has 3 saturated heterocycles. The molecule has 0 aliphatic carbocycles. The number of aryl methyl sites for hydroxylation is 2. The topological polar surface area (TPSA) is 62.2 Å². The summed E-state index contributed by atoms with van der Waals surface area (Å²) in [5.74, 6) is 2.21. The third-order valence-corrected chi connectivity index (χ3v) is 5.93. The number of fused-ring (bicyclic) bond motifs is 4. The van der Waals surface area contributed by atoms with E-state index in [4.69, 9.17) is 4.98 Å². The number of aromatic nitrogens is 3. The lowest BCUT2D eigenvalue weighted by Crippen LogP contribution is -2.47. The molecule has 3 aliphatic heterocycles. The maximum absolute atomic E-state index is 13.0. The molecule has 0 N–H and O–H groups in total. The Kier molecular flexibility index (Phi) is 4.89. The van der Waals surface area contributed by atoms with Crippen molar-refractivity contribution in [3.05, 3.63) is 34.2 Å². The quantitative estimate of drug-likeness (QED) is 0.809. The van der Waals surface area contributed by atoms with Crippen LogP contribution in [0.2, 0.25) is 0 Å². The van der Waals surface area contributed by atoms with E-state index in [1.807, 2.05) is 22.7 Å². The van der Waals surface area contributed by atoms with E-state index in [0.717, 1.165) is 61.8 Å². The van der Waals surface area contributed by atoms with Gasteiger partial charge in [0.2, 0.25) is 5.91 Å². The van der Waals surface area contributed by atoms with Gasteiger partial charge in [-0.05, 0) is 26.2 Å². The number of nitrogens with zero attached hydrogens (tertiary/aromatic N) is 5. The van der Waals surface area contributed by atoms with Crippen LogP contribution in [-0.2, 0) is 17.8 Å². The molecule has 2 bridgehead atoms. The Balaban J connectivity index is 1.59.